The first-order valence-electron chi connectivity index (χ1n) is 6.01. The third-order valence-corrected chi connectivity index (χ3v) is 5.26. The highest BCUT2D eigenvalue weighted by Gasteiger charge is 2.34. The number of hydrogen-bond acceptors (Lipinski definition) is 3. The maximum atomic E-state index is 12.3. The van der Waals surface area contributed by atoms with Crippen molar-refractivity contribution in [3.8, 4) is 0 Å². The number of likely N-dealkylation sites (tertiary alicyclic amines) is 1. The monoisotopic (exact) mass is 350 g/mol. The Balaban J connectivity index is 0.00000120. The van der Waals surface area contributed by atoms with Gasteiger partial charge in [-0.1, -0.05) is 0 Å². The van der Waals surface area contributed by atoms with E-state index in [9.17, 15) is 4.79 Å². The molecule has 0 bridgehead atoms. The normalized spacial score (nSPS) is 26.6. The van der Waals surface area contributed by atoms with Gasteiger partial charge in [0.05, 0.1) is 9.35 Å². The van der Waals surface area contributed by atoms with Gasteiger partial charge in [0.2, 0.25) is 0 Å². The van der Waals surface area contributed by atoms with E-state index in [1.165, 1.54) is 6.42 Å². The van der Waals surface area contributed by atoms with Gasteiger partial charge in [0.1, 0.15) is 0 Å². The number of fused-ring (bicyclic) bond motifs is 1. The van der Waals surface area contributed by atoms with Crippen LogP contribution >= 0.6 is 39.7 Å². The molecule has 2 unspecified atom stereocenters. The topological polar surface area (TPSA) is 32.3 Å². The average molecular weight is 352 g/mol. The Kier molecular flexibility index (Phi) is 4.69. The Bertz CT molecular complexity index is 439. The van der Waals surface area contributed by atoms with E-state index < -0.39 is 0 Å². The second-order valence-corrected chi connectivity index (χ2v) is 7.08. The van der Waals surface area contributed by atoms with Crippen LogP contribution in [0.3, 0.4) is 0 Å². The van der Waals surface area contributed by atoms with Crippen LogP contribution < -0.4 is 5.32 Å². The lowest BCUT2D eigenvalue weighted by molar-refractivity contribution is 0.0662. The molecule has 18 heavy (non-hydrogen) atoms. The first-order chi connectivity index (χ1) is 8.24. The van der Waals surface area contributed by atoms with E-state index in [0.717, 1.165) is 35.4 Å². The minimum Gasteiger partial charge on any atom is -0.338 e. The zero-order valence-electron chi connectivity index (χ0n) is 9.89. The van der Waals surface area contributed by atoms with Crippen molar-refractivity contribution in [2.45, 2.75) is 18.9 Å². The molecular formula is C12H16BrClN2OS. The molecule has 0 aliphatic carbocycles. The molecule has 1 amide bonds. The van der Waals surface area contributed by atoms with Crippen molar-refractivity contribution >= 4 is 45.6 Å². The molecule has 2 aliphatic rings. The van der Waals surface area contributed by atoms with Gasteiger partial charge in [0, 0.05) is 24.5 Å². The number of halogens is 2. The van der Waals surface area contributed by atoms with Crippen molar-refractivity contribution in [2.24, 2.45) is 5.92 Å². The van der Waals surface area contributed by atoms with Gasteiger partial charge in [0.25, 0.3) is 5.91 Å². The number of thiophene rings is 1. The third kappa shape index (κ3) is 2.74. The molecule has 0 spiro atoms. The third-order valence-electron chi connectivity index (χ3n) is 3.76. The van der Waals surface area contributed by atoms with Crippen molar-refractivity contribution in [3.63, 3.8) is 0 Å². The molecular weight excluding hydrogens is 336 g/mol. The van der Waals surface area contributed by atoms with Gasteiger partial charge < -0.3 is 10.2 Å². The van der Waals surface area contributed by atoms with Crippen LogP contribution in [0.15, 0.2) is 15.2 Å². The molecule has 0 radical (unpaired) electrons. The number of carbonyl (C=O) groups excluding carboxylic acids is 1. The zero-order chi connectivity index (χ0) is 11.8. The minimum atomic E-state index is 0. The van der Waals surface area contributed by atoms with Crippen LogP contribution in [0.2, 0.25) is 0 Å². The Labute approximate surface area is 125 Å². The van der Waals surface area contributed by atoms with Gasteiger partial charge in [-0.05, 0) is 47.3 Å². The van der Waals surface area contributed by atoms with Crippen molar-refractivity contribution in [3.05, 3.63) is 20.8 Å². The second kappa shape index (κ2) is 5.90. The maximum absolute atomic E-state index is 12.3. The lowest BCUT2D eigenvalue weighted by Crippen LogP contribution is -2.46. The molecule has 2 atom stereocenters. The molecule has 6 heteroatoms. The lowest BCUT2D eigenvalue weighted by Gasteiger charge is -2.34. The summed E-state index contributed by atoms with van der Waals surface area (Å²) in [5, 5.41) is 5.45. The highest BCUT2D eigenvalue weighted by molar-refractivity contribution is 9.11. The van der Waals surface area contributed by atoms with Crippen LogP contribution in [0.1, 0.15) is 23.2 Å². The Morgan fingerprint density at radius 2 is 2.33 bits per heavy atom. The van der Waals surface area contributed by atoms with Crippen LogP contribution in [0.4, 0.5) is 0 Å². The summed E-state index contributed by atoms with van der Waals surface area (Å²) < 4.78 is 1.03. The molecule has 0 aromatic carbocycles. The van der Waals surface area contributed by atoms with E-state index in [1.54, 1.807) is 11.3 Å². The molecule has 0 saturated carbocycles. The summed E-state index contributed by atoms with van der Waals surface area (Å²) >= 11 is 4.98. The molecule has 2 saturated heterocycles. The van der Waals surface area contributed by atoms with E-state index >= 15 is 0 Å². The fourth-order valence-corrected chi connectivity index (χ4v) is 3.97. The van der Waals surface area contributed by atoms with Crippen LogP contribution in [0.25, 0.3) is 0 Å². The number of rotatable bonds is 1. The largest absolute Gasteiger partial charge is 0.338 e. The van der Waals surface area contributed by atoms with Crippen molar-refractivity contribution in [1.82, 2.24) is 10.2 Å². The van der Waals surface area contributed by atoms with E-state index in [-0.39, 0.29) is 18.3 Å². The minimum absolute atomic E-state index is 0. The van der Waals surface area contributed by atoms with Crippen LogP contribution in [0, 0.1) is 5.92 Å². The van der Waals surface area contributed by atoms with Crippen LogP contribution in [0.5, 0.6) is 0 Å². The van der Waals surface area contributed by atoms with Crippen LogP contribution in [-0.2, 0) is 0 Å². The number of amides is 1. The predicted molar refractivity (Wildman–Crippen MR) is 79.7 cm³/mol. The standard InChI is InChI=1S/C12H15BrN2OS.ClH/c13-11-5-9(7-17-11)12(16)15-4-2-10-8(6-15)1-3-14-10;/h5,7-8,10,14H,1-4,6H2;1H. The number of hydrogen-bond donors (Lipinski definition) is 1. The van der Waals surface area contributed by atoms with E-state index in [4.69, 9.17) is 0 Å². The van der Waals surface area contributed by atoms with Gasteiger partial charge in [0.15, 0.2) is 0 Å². The zero-order valence-corrected chi connectivity index (χ0v) is 13.1. The quantitative estimate of drug-likeness (QED) is 0.844. The second-order valence-electron chi connectivity index (χ2n) is 4.79. The first-order valence-corrected chi connectivity index (χ1v) is 7.68. The number of nitrogens with zero attached hydrogens (tertiary/aromatic N) is 1. The molecule has 1 aromatic rings. The summed E-state index contributed by atoms with van der Waals surface area (Å²) in [6.45, 7) is 2.92. The highest BCUT2D eigenvalue weighted by Crippen LogP contribution is 2.27. The highest BCUT2D eigenvalue weighted by atomic mass is 79.9. The fraction of sp³-hybridized carbons (Fsp3) is 0.583. The summed E-state index contributed by atoms with van der Waals surface area (Å²) in [4.78, 5) is 14.3. The summed E-state index contributed by atoms with van der Waals surface area (Å²) in [7, 11) is 0. The first kappa shape index (κ1) is 14.3. The average Bonchev–Trinajstić information content (AvgIpc) is 2.95. The van der Waals surface area contributed by atoms with Gasteiger partial charge in [-0.25, -0.2) is 0 Å². The summed E-state index contributed by atoms with van der Waals surface area (Å²) in [6.07, 6.45) is 2.31. The number of piperidine rings is 1. The Hall–Kier alpha value is -0.100. The molecule has 2 fully saturated rings. The van der Waals surface area contributed by atoms with Crippen molar-refractivity contribution in [2.75, 3.05) is 19.6 Å². The molecule has 3 rings (SSSR count). The maximum Gasteiger partial charge on any atom is 0.254 e. The summed E-state index contributed by atoms with van der Waals surface area (Å²) in [6, 6.07) is 2.57. The van der Waals surface area contributed by atoms with Crippen LogP contribution in [-0.4, -0.2) is 36.5 Å². The molecule has 1 N–H and O–H groups in total. The molecule has 3 heterocycles. The van der Waals surface area contributed by atoms with Gasteiger partial charge >= 0.3 is 0 Å². The molecule has 1 aromatic heterocycles. The van der Waals surface area contributed by atoms with E-state index in [2.05, 4.69) is 21.2 Å². The number of carbonyl (C=O) groups is 1. The Morgan fingerprint density at radius 3 is 3.06 bits per heavy atom. The molecule has 3 nitrogen and oxygen atoms in total. The van der Waals surface area contributed by atoms with Gasteiger partial charge in [-0.3, -0.25) is 4.79 Å². The number of nitrogens with one attached hydrogen (secondary N) is 1. The predicted octanol–water partition coefficient (Wildman–Crippen LogP) is 2.76. The van der Waals surface area contributed by atoms with E-state index in [0.29, 0.717) is 12.0 Å². The summed E-state index contributed by atoms with van der Waals surface area (Å²) in [5.74, 6) is 0.854. The lowest BCUT2D eigenvalue weighted by atomic mass is 9.93. The van der Waals surface area contributed by atoms with Gasteiger partial charge in [-0.15, -0.1) is 23.7 Å². The smallest absolute Gasteiger partial charge is 0.254 e. The van der Waals surface area contributed by atoms with Crippen molar-refractivity contribution in [1.29, 1.82) is 0 Å². The Morgan fingerprint density at radius 1 is 1.50 bits per heavy atom. The van der Waals surface area contributed by atoms with Gasteiger partial charge in [-0.2, -0.15) is 0 Å². The SMILES string of the molecule is Cl.O=C(c1csc(Br)c1)N1CCC2NCCC2C1. The summed E-state index contributed by atoms with van der Waals surface area (Å²) in [5.41, 5.74) is 0.825. The van der Waals surface area contributed by atoms with Crippen molar-refractivity contribution < 1.29 is 4.79 Å². The van der Waals surface area contributed by atoms with E-state index in [1.807, 2.05) is 16.3 Å². The molecule has 2 aliphatic heterocycles. The molecule has 100 valence electrons. The fourth-order valence-electron chi connectivity index (χ4n) is 2.84.